The van der Waals surface area contributed by atoms with E-state index in [0.29, 0.717) is 24.3 Å². The topological polar surface area (TPSA) is 96.3 Å². The van der Waals surface area contributed by atoms with E-state index in [1.165, 1.54) is 0 Å². The first-order valence-corrected chi connectivity index (χ1v) is 9.70. The maximum absolute atomic E-state index is 12.3. The molecular weight excluding hydrogens is 382 g/mol. The third-order valence-corrected chi connectivity index (χ3v) is 4.80. The number of nitrogens with zero attached hydrogens (tertiary/aromatic N) is 3. The van der Waals surface area contributed by atoms with Gasteiger partial charge in [-0.15, -0.1) is 0 Å². The Kier molecular flexibility index (Phi) is 5.56. The van der Waals surface area contributed by atoms with E-state index in [9.17, 15) is 14.4 Å². The Hall–Kier alpha value is -3.94. The summed E-state index contributed by atoms with van der Waals surface area (Å²) in [5.41, 5.74) is 2.08. The van der Waals surface area contributed by atoms with Gasteiger partial charge in [0, 0.05) is 36.5 Å². The summed E-state index contributed by atoms with van der Waals surface area (Å²) in [7, 11) is 0. The molecule has 1 aliphatic heterocycles. The van der Waals surface area contributed by atoms with E-state index >= 15 is 0 Å². The molecule has 0 atom stereocenters. The van der Waals surface area contributed by atoms with Crippen molar-refractivity contribution in [2.45, 2.75) is 12.8 Å². The number of nitrogens with one attached hydrogen (secondary N) is 2. The maximum Gasteiger partial charge on any atom is 0.251 e. The van der Waals surface area contributed by atoms with Crippen LogP contribution >= 0.6 is 0 Å². The Morgan fingerprint density at radius 3 is 2.43 bits per heavy atom. The largest absolute Gasteiger partial charge is 0.343 e. The van der Waals surface area contributed by atoms with Crippen molar-refractivity contribution in [2.24, 2.45) is 0 Å². The first kappa shape index (κ1) is 19.4. The minimum Gasteiger partial charge on any atom is -0.343 e. The molecule has 1 aromatic heterocycles. The molecule has 8 nitrogen and oxygen atoms in total. The van der Waals surface area contributed by atoms with Gasteiger partial charge in [0.05, 0.1) is 12.2 Å². The van der Waals surface area contributed by atoms with E-state index in [2.05, 4.69) is 15.7 Å². The fourth-order valence-corrected chi connectivity index (χ4v) is 3.28. The van der Waals surface area contributed by atoms with Crippen LogP contribution in [0.2, 0.25) is 0 Å². The molecule has 8 heteroatoms. The normalized spacial score (nSPS) is 13.3. The van der Waals surface area contributed by atoms with Gasteiger partial charge in [0.1, 0.15) is 0 Å². The molecule has 1 fully saturated rings. The number of anilines is 2. The third kappa shape index (κ3) is 4.38. The summed E-state index contributed by atoms with van der Waals surface area (Å²) in [6.45, 7) is 0.522. The zero-order chi connectivity index (χ0) is 20.9. The van der Waals surface area contributed by atoms with E-state index in [0.717, 1.165) is 17.8 Å². The van der Waals surface area contributed by atoms with Crippen molar-refractivity contribution in [3.8, 4) is 5.69 Å². The Morgan fingerprint density at radius 2 is 1.73 bits per heavy atom. The molecule has 152 valence electrons. The van der Waals surface area contributed by atoms with E-state index in [-0.39, 0.29) is 24.3 Å². The van der Waals surface area contributed by atoms with Crippen molar-refractivity contribution in [1.29, 1.82) is 0 Å². The number of hydrogen-bond donors (Lipinski definition) is 2. The van der Waals surface area contributed by atoms with Gasteiger partial charge in [0.25, 0.3) is 5.91 Å². The van der Waals surface area contributed by atoms with Crippen LogP contribution in [0.5, 0.6) is 0 Å². The van der Waals surface area contributed by atoms with Crippen LogP contribution in [0.4, 0.5) is 11.5 Å². The molecule has 0 radical (unpaired) electrons. The third-order valence-electron chi connectivity index (χ3n) is 4.80. The summed E-state index contributed by atoms with van der Waals surface area (Å²) in [6, 6.07) is 18.0. The van der Waals surface area contributed by atoms with Crippen LogP contribution in [0.15, 0.2) is 66.9 Å². The van der Waals surface area contributed by atoms with Crippen LogP contribution in [-0.2, 0) is 9.59 Å². The first-order valence-electron chi connectivity index (χ1n) is 9.70. The number of rotatable bonds is 6. The molecule has 2 heterocycles. The van der Waals surface area contributed by atoms with Crippen LogP contribution in [0, 0.1) is 0 Å². The minimum atomic E-state index is -0.374. The second-order valence-corrected chi connectivity index (χ2v) is 6.91. The molecule has 4 rings (SSSR count). The molecule has 3 aromatic rings. The second kappa shape index (κ2) is 8.60. The van der Waals surface area contributed by atoms with Crippen molar-refractivity contribution in [1.82, 2.24) is 15.1 Å². The summed E-state index contributed by atoms with van der Waals surface area (Å²) in [5, 5.41) is 9.55. The molecular formula is C22H21N5O3. The second-order valence-electron chi connectivity index (χ2n) is 6.91. The van der Waals surface area contributed by atoms with Crippen LogP contribution in [-0.4, -0.2) is 40.6 Å². The summed E-state index contributed by atoms with van der Waals surface area (Å²) in [6.07, 6.45) is 3.15. The quantitative estimate of drug-likeness (QED) is 0.660. The molecule has 0 spiro atoms. The summed E-state index contributed by atoms with van der Waals surface area (Å²) >= 11 is 0. The summed E-state index contributed by atoms with van der Waals surface area (Å²) in [4.78, 5) is 37.9. The Labute approximate surface area is 173 Å². The van der Waals surface area contributed by atoms with Crippen molar-refractivity contribution in [2.75, 3.05) is 23.3 Å². The lowest BCUT2D eigenvalue weighted by Gasteiger charge is -2.15. The SMILES string of the molecule is O=C(CNC(=O)c1ccc(N2CCCC2=O)cc1)Nc1ccn(-c2ccccc2)n1. The highest BCUT2D eigenvalue weighted by Gasteiger charge is 2.21. The Morgan fingerprint density at radius 1 is 0.967 bits per heavy atom. The van der Waals surface area contributed by atoms with Crippen LogP contribution in [0.25, 0.3) is 5.69 Å². The molecule has 2 N–H and O–H groups in total. The van der Waals surface area contributed by atoms with Crippen LogP contribution in [0.1, 0.15) is 23.2 Å². The number of aromatic nitrogens is 2. The van der Waals surface area contributed by atoms with E-state index in [4.69, 9.17) is 0 Å². The van der Waals surface area contributed by atoms with Crippen LogP contribution in [0.3, 0.4) is 0 Å². The van der Waals surface area contributed by atoms with Gasteiger partial charge >= 0.3 is 0 Å². The standard InChI is InChI=1S/C22H21N5O3/c28-20(24-19-12-14-27(25-19)18-5-2-1-3-6-18)15-23-22(30)16-8-10-17(11-9-16)26-13-4-7-21(26)29/h1-3,5-6,8-12,14H,4,7,13,15H2,(H,23,30)(H,24,25,28). The average Bonchev–Trinajstić information content (AvgIpc) is 3.42. The molecule has 3 amide bonds. The van der Waals surface area contributed by atoms with Crippen molar-refractivity contribution >= 4 is 29.2 Å². The lowest BCUT2D eigenvalue weighted by Crippen LogP contribution is -2.33. The molecule has 2 aromatic carbocycles. The van der Waals surface area contributed by atoms with Gasteiger partial charge in [-0.2, -0.15) is 5.10 Å². The lowest BCUT2D eigenvalue weighted by molar-refractivity contribution is -0.117. The molecule has 1 saturated heterocycles. The number of hydrogen-bond acceptors (Lipinski definition) is 4. The monoisotopic (exact) mass is 403 g/mol. The lowest BCUT2D eigenvalue weighted by atomic mass is 10.2. The van der Waals surface area contributed by atoms with E-state index < -0.39 is 0 Å². The number of carbonyl (C=O) groups excluding carboxylic acids is 3. The molecule has 0 bridgehead atoms. The fourth-order valence-electron chi connectivity index (χ4n) is 3.28. The van der Waals surface area contributed by atoms with Gasteiger partial charge in [-0.05, 0) is 42.8 Å². The van der Waals surface area contributed by atoms with E-state index in [1.54, 1.807) is 46.1 Å². The van der Waals surface area contributed by atoms with E-state index in [1.807, 2.05) is 30.3 Å². The van der Waals surface area contributed by atoms with Gasteiger partial charge < -0.3 is 15.5 Å². The molecule has 0 saturated carbocycles. The Bertz CT molecular complexity index is 1060. The number of carbonyl (C=O) groups is 3. The number of amides is 3. The zero-order valence-corrected chi connectivity index (χ0v) is 16.2. The van der Waals surface area contributed by atoms with Gasteiger partial charge in [-0.3, -0.25) is 14.4 Å². The Balaban J connectivity index is 1.29. The van der Waals surface area contributed by atoms with Gasteiger partial charge in [-0.25, -0.2) is 4.68 Å². The molecule has 0 aliphatic carbocycles. The molecule has 30 heavy (non-hydrogen) atoms. The number of benzene rings is 2. The predicted octanol–water partition coefficient (Wildman–Crippen LogP) is 2.37. The highest BCUT2D eigenvalue weighted by molar-refractivity contribution is 6.00. The maximum atomic E-state index is 12.3. The minimum absolute atomic E-state index is 0.0959. The predicted molar refractivity (Wildman–Crippen MR) is 113 cm³/mol. The van der Waals surface area contributed by atoms with Crippen molar-refractivity contribution < 1.29 is 14.4 Å². The zero-order valence-electron chi connectivity index (χ0n) is 16.2. The molecule has 0 unspecified atom stereocenters. The fraction of sp³-hybridized carbons (Fsp3) is 0.182. The highest BCUT2D eigenvalue weighted by atomic mass is 16.2. The summed E-state index contributed by atoms with van der Waals surface area (Å²) in [5.74, 6) is -0.239. The van der Waals surface area contributed by atoms with Gasteiger partial charge in [-0.1, -0.05) is 18.2 Å². The van der Waals surface area contributed by atoms with Crippen molar-refractivity contribution in [3.05, 3.63) is 72.4 Å². The first-order chi connectivity index (χ1) is 14.6. The van der Waals surface area contributed by atoms with Crippen molar-refractivity contribution in [3.63, 3.8) is 0 Å². The van der Waals surface area contributed by atoms with Gasteiger partial charge in [0.15, 0.2) is 5.82 Å². The number of para-hydroxylation sites is 1. The molecule has 1 aliphatic rings. The highest BCUT2D eigenvalue weighted by Crippen LogP contribution is 2.21. The summed E-state index contributed by atoms with van der Waals surface area (Å²) < 4.78 is 1.65. The van der Waals surface area contributed by atoms with Gasteiger partial charge in [0.2, 0.25) is 11.8 Å². The van der Waals surface area contributed by atoms with Crippen LogP contribution < -0.4 is 15.5 Å². The average molecular weight is 403 g/mol. The smallest absolute Gasteiger partial charge is 0.251 e.